The number of halogens is 2. The molecule has 1 N–H and O–H groups in total. The van der Waals surface area contributed by atoms with Gasteiger partial charge in [-0.3, -0.25) is 4.79 Å². The summed E-state index contributed by atoms with van der Waals surface area (Å²) in [6.45, 7) is 1.09. The standard InChI is InChI=1S/C20H19Cl2N3O2/c21-16-6-7-17(22)18(12-16)27-14-20(26)24-9-8-19-23-10-11-25(19)13-15-4-2-1-3-5-15/h1-7,10-12H,8-9,13-14H2,(H,24,26). The van der Waals surface area contributed by atoms with Crippen LogP contribution in [0.15, 0.2) is 60.9 Å². The maximum absolute atomic E-state index is 12.0. The van der Waals surface area contributed by atoms with Crippen molar-refractivity contribution in [3.8, 4) is 5.75 Å². The van der Waals surface area contributed by atoms with Crippen LogP contribution < -0.4 is 10.1 Å². The van der Waals surface area contributed by atoms with Crippen molar-refractivity contribution in [3.63, 3.8) is 0 Å². The van der Waals surface area contributed by atoms with E-state index in [0.29, 0.717) is 28.8 Å². The Bertz CT molecular complexity index is 897. The zero-order chi connectivity index (χ0) is 19.1. The van der Waals surface area contributed by atoms with E-state index in [4.69, 9.17) is 27.9 Å². The quantitative estimate of drug-likeness (QED) is 0.618. The van der Waals surface area contributed by atoms with Gasteiger partial charge < -0.3 is 14.6 Å². The largest absolute Gasteiger partial charge is 0.482 e. The maximum Gasteiger partial charge on any atom is 0.257 e. The summed E-state index contributed by atoms with van der Waals surface area (Å²) in [5, 5.41) is 3.74. The molecular formula is C20H19Cl2N3O2. The average Bonchev–Trinajstić information content (AvgIpc) is 3.10. The van der Waals surface area contributed by atoms with Crippen molar-refractivity contribution in [1.29, 1.82) is 0 Å². The molecule has 0 radical (unpaired) electrons. The molecule has 0 saturated heterocycles. The summed E-state index contributed by atoms with van der Waals surface area (Å²) in [5.41, 5.74) is 1.20. The highest BCUT2D eigenvalue weighted by Crippen LogP contribution is 2.27. The number of ether oxygens (including phenoxy) is 1. The first-order chi connectivity index (χ1) is 13.1. The Balaban J connectivity index is 1.45. The third-order valence-corrected chi connectivity index (χ3v) is 4.47. The average molecular weight is 404 g/mol. The molecule has 3 aromatic rings. The van der Waals surface area contributed by atoms with Crippen LogP contribution in [-0.4, -0.2) is 28.6 Å². The van der Waals surface area contributed by atoms with Gasteiger partial charge in [-0.1, -0.05) is 53.5 Å². The zero-order valence-corrected chi connectivity index (χ0v) is 16.1. The van der Waals surface area contributed by atoms with Crippen LogP contribution in [0.3, 0.4) is 0 Å². The number of imidazole rings is 1. The molecule has 7 heteroatoms. The van der Waals surface area contributed by atoms with Gasteiger partial charge in [0, 0.05) is 43.0 Å². The number of nitrogens with zero attached hydrogens (tertiary/aromatic N) is 2. The number of benzene rings is 2. The Morgan fingerprint density at radius 3 is 2.78 bits per heavy atom. The summed E-state index contributed by atoms with van der Waals surface area (Å²) in [7, 11) is 0. The molecule has 5 nitrogen and oxygen atoms in total. The molecule has 2 aromatic carbocycles. The minimum Gasteiger partial charge on any atom is -0.482 e. The summed E-state index contributed by atoms with van der Waals surface area (Å²) < 4.78 is 7.49. The molecule has 1 aromatic heterocycles. The maximum atomic E-state index is 12.0. The van der Waals surface area contributed by atoms with Crippen molar-refractivity contribution in [2.75, 3.05) is 13.2 Å². The van der Waals surface area contributed by atoms with Gasteiger partial charge in [-0.05, 0) is 17.7 Å². The second kappa shape index (κ2) is 9.44. The third kappa shape index (κ3) is 5.74. The van der Waals surface area contributed by atoms with Gasteiger partial charge >= 0.3 is 0 Å². The number of aromatic nitrogens is 2. The van der Waals surface area contributed by atoms with Crippen LogP contribution in [0.5, 0.6) is 5.75 Å². The molecule has 0 saturated carbocycles. The van der Waals surface area contributed by atoms with E-state index in [0.717, 1.165) is 12.4 Å². The van der Waals surface area contributed by atoms with Crippen LogP contribution in [0.4, 0.5) is 0 Å². The van der Waals surface area contributed by atoms with E-state index >= 15 is 0 Å². The van der Waals surface area contributed by atoms with Gasteiger partial charge in [-0.15, -0.1) is 0 Å². The highest BCUT2D eigenvalue weighted by atomic mass is 35.5. The zero-order valence-electron chi connectivity index (χ0n) is 14.6. The monoisotopic (exact) mass is 403 g/mol. The minimum atomic E-state index is -0.229. The van der Waals surface area contributed by atoms with Crippen LogP contribution in [0.2, 0.25) is 10.0 Å². The van der Waals surface area contributed by atoms with Crippen LogP contribution in [-0.2, 0) is 17.8 Å². The lowest BCUT2D eigenvalue weighted by atomic mass is 10.2. The van der Waals surface area contributed by atoms with Gasteiger partial charge in [-0.2, -0.15) is 0 Å². The molecule has 140 valence electrons. The van der Waals surface area contributed by atoms with Gasteiger partial charge in [0.05, 0.1) is 5.02 Å². The SMILES string of the molecule is O=C(COc1cc(Cl)ccc1Cl)NCCc1nccn1Cc1ccccc1. The number of carbonyl (C=O) groups excluding carboxylic acids is 1. The molecule has 1 heterocycles. The number of carbonyl (C=O) groups is 1. The Labute approximate surface area is 167 Å². The number of hydrogen-bond donors (Lipinski definition) is 1. The van der Waals surface area contributed by atoms with Gasteiger partial charge in [0.2, 0.25) is 0 Å². The summed E-state index contributed by atoms with van der Waals surface area (Å²) in [6, 6.07) is 15.0. The van der Waals surface area contributed by atoms with Gasteiger partial charge in [0.25, 0.3) is 5.91 Å². The second-order valence-electron chi connectivity index (χ2n) is 5.92. The molecule has 1 amide bonds. The Hall–Kier alpha value is -2.50. The highest BCUT2D eigenvalue weighted by Gasteiger charge is 2.08. The highest BCUT2D eigenvalue weighted by molar-refractivity contribution is 6.34. The molecule has 0 atom stereocenters. The van der Waals surface area contributed by atoms with Gasteiger partial charge in [0.15, 0.2) is 6.61 Å². The van der Waals surface area contributed by atoms with Gasteiger partial charge in [0.1, 0.15) is 11.6 Å². The first-order valence-corrected chi connectivity index (χ1v) is 9.26. The van der Waals surface area contributed by atoms with Crippen LogP contribution in [0.25, 0.3) is 0 Å². The number of nitrogens with one attached hydrogen (secondary N) is 1. The Morgan fingerprint density at radius 2 is 1.96 bits per heavy atom. The topological polar surface area (TPSA) is 56.1 Å². The smallest absolute Gasteiger partial charge is 0.257 e. The molecule has 27 heavy (non-hydrogen) atoms. The molecule has 3 rings (SSSR count). The van der Waals surface area contributed by atoms with E-state index in [2.05, 4.69) is 27.0 Å². The molecule has 0 bridgehead atoms. The van der Waals surface area contributed by atoms with Crippen LogP contribution in [0, 0.1) is 0 Å². The summed E-state index contributed by atoms with van der Waals surface area (Å²) >= 11 is 11.9. The minimum absolute atomic E-state index is 0.126. The fourth-order valence-corrected chi connectivity index (χ4v) is 2.92. The van der Waals surface area contributed by atoms with Crippen molar-refractivity contribution in [2.45, 2.75) is 13.0 Å². The normalized spacial score (nSPS) is 10.6. The first-order valence-electron chi connectivity index (χ1n) is 8.50. The lowest BCUT2D eigenvalue weighted by Gasteiger charge is -2.10. The van der Waals surface area contributed by atoms with E-state index < -0.39 is 0 Å². The molecule has 0 aliphatic rings. The van der Waals surface area contributed by atoms with Crippen molar-refractivity contribution >= 4 is 29.1 Å². The molecule has 0 aliphatic heterocycles. The van der Waals surface area contributed by atoms with Crippen molar-refractivity contribution in [1.82, 2.24) is 14.9 Å². The van der Waals surface area contributed by atoms with Gasteiger partial charge in [-0.25, -0.2) is 4.98 Å². The first kappa shape index (κ1) is 19.3. The van der Waals surface area contributed by atoms with E-state index in [1.165, 1.54) is 5.56 Å². The third-order valence-electron chi connectivity index (χ3n) is 3.92. The fraction of sp³-hybridized carbons (Fsp3) is 0.200. The molecular weight excluding hydrogens is 385 g/mol. The van der Waals surface area contributed by atoms with E-state index in [1.807, 2.05) is 24.4 Å². The Morgan fingerprint density at radius 1 is 1.15 bits per heavy atom. The van der Waals surface area contributed by atoms with Crippen molar-refractivity contribution in [3.05, 3.63) is 82.4 Å². The second-order valence-corrected chi connectivity index (χ2v) is 6.76. The van der Waals surface area contributed by atoms with Crippen molar-refractivity contribution < 1.29 is 9.53 Å². The Kier molecular flexibility index (Phi) is 6.74. The molecule has 0 fully saturated rings. The predicted octanol–water partition coefficient (Wildman–Crippen LogP) is 3.98. The molecule has 0 unspecified atom stereocenters. The lowest BCUT2D eigenvalue weighted by molar-refractivity contribution is -0.123. The number of hydrogen-bond acceptors (Lipinski definition) is 3. The van der Waals surface area contributed by atoms with Crippen molar-refractivity contribution in [2.24, 2.45) is 0 Å². The number of rotatable bonds is 8. The lowest BCUT2D eigenvalue weighted by Crippen LogP contribution is -2.31. The molecule has 0 aliphatic carbocycles. The fourth-order valence-electron chi connectivity index (χ4n) is 2.59. The number of amides is 1. The van der Waals surface area contributed by atoms with E-state index in [-0.39, 0.29) is 12.5 Å². The molecule has 0 spiro atoms. The van der Waals surface area contributed by atoms with Crippen LogP contribution >= 0.6 is 23.2 Å². The van der Waals surface area contributed by atoms with E-state index in [9.17, 15) is 4.79 Å². The van der Waals surface area contributed by atoms with E-state index in [1.54, 1.807) is 24.4 Å². The summed E-state index contributed by atoms with van der Waals surface area (Å²) in [5.74, 6) is 1.07. The summed E-state index contributed by atoms with van der Waals surface area (Å²) in [6.07, 6.45) is 4.34. The summed E-state index contributed by atoms with van der Waals surface area (Å²) in [4.78, 5) is 16.4. The van der Waals surface area contributed by atoms with Crippen LogP contribution in [0.1, 0.15) is 11.4 Å². The predicted molar refractivity (Wildman–Crippen MR) is 106 cm³/mol.